The highest BCUT2D eigenvalue weighted by Gasteiger charge is 2.24. The van der Waals surface area contributed by atoms with Crippen molar-refractivity contribution in [2.24, 2.45) is 0 Å². The van der Waals surface area contributed by atoms with Crippen LogP contribution in [0.2, 0.25) is 10.0 Å². The number of benzene rings is 1. The summed E-state index contributed by atoms with van der Waals surface area (Å²) in [6, 6.07) is 7.40. The third-order valence-corrected chi connectivity index (χ3v) is 3.85. The molecule has 21 heavy (non-hydrogen) atoms. The summed E-state index contributed by atoms with van der Waals surface area (Å²) in [6.07, 6.45) is 2.57. The highest BCUT2D eigenvalue weighted by Crippen LogP contribution is 2.41. The molecule has 2 heterocycles. The summed E-state index contributed by atoms with van der Waals surface area (Å²) in [5.74, 6) is 1.28. The Bertz CT molecular complexity index is 647. The second-order valence-corrected chi connectivity index (χ2v) is 5.57. The Morgan fingerprint density at radius 3 is 2.90 bits per heavy atom. The van der Waals surface area contributed by atoms with Crippen molar-refractivity contribution >= 4 is 28.9 Å². The van der Waals surface area contributed by atoms with Crippen LogP contribution in [0.3, 0.4) is 0 Å². The first-order valence-corrected chi connectivity index (χ1v) is 7.31. The number of anilines is 1. The molecule has 1 aliphatic heterocycles. The molecular formula is C15H14Cl2N2O2. The third kappa shape index (κ3) is 3.01. The summed E-state index contributed by atoms with van der Waals surface area (Å²) in [7, 11) is 1.59. The number of aromatic nitrogens is 1. The van der Waals surface area contributed by atoms with Gasteiger partial charge in [0, 0.05) is 23.1 Å². The second kappa shape index (κ2) is 6.00. The van der Waals surface area contributed by atoms with Crippen molar-refractivity contribution in [3.63, 3.8) is 0 Å². The number of nitrogens with one attached hydrogen (secondary N) is 1. The normalized spacial score (nSPS) is 16.8. The lowest BCUT2D eigenvalue weighted by Gasteiger charge is -2.28. The quantitative estimate of drug-likeness (QED) is 0.912. The molecule has 0 spiro atoms. The van der Waals surface area contributed by atoms with Gasteiger partial charge in [0.05, 0.1) is 36.7 Å². The minimum Gasteiger partial charge on any atom is -0.492 e. The molecule has 1 atom stereocenters. The number of hydrogen-bond donors (Lipinski definition) is 1. The van der Waals surface area contributed by atoms with E-state index in [2.05, 4.69) is 10.3 Å². The van der Waals surface area contributed by atoms with Crippen molar-refractivity contribution in [2.75, 3.05) is 19.0 Å². The number of methoxy groups -OCH3 is 1. The number of ether oxygens (including phenoxy) is 2. The van der Waals surface area contributed by atoms with Crippen LogP contribution in [0.25, 0.3) is 0 Å². The van der Waals surface area contributed by atoms with E-state index in [0.29, 0.717) is 28.3 Å². The van der Waals surface area contributed by atoms with E-state index in [1.165, 1.54) is 0 Å². The van der Waals surface area contributed by atoms with Gasteiger partial charge in [-0.3, -0.25) is 0 Å². The molecule has 2 aromatic rings. The van der Waals surface area contributed by atoms with Crippen LogP contribution in [0.1, 0.15) is 18.0 Å². The fraction of sp³-hybridized carbons (Fsp3) is 0.267. The third-order valence-electron chi connectivity index (χ3n) is 3.35. The van der Waals surface area contributed by atoms with Gasteiger partial charge < -0.3 is 14.8 Å². The van der Waals surface area contributed by atoms with E-state index in [4.69, 9.17) is 32.7 Å². The first-order valence-electron chi connectivity index (χ1n) is 6.55. The lowest BCUT2D eigenvalue weighted by Crippen LogP contribution is -2.20. The van der Waals surface area contributed by atoms with Crippen LogP contribution in [0, 0.1) is 0 Å². The van der Waals surface area contributed by atoms with E-state index >= 15 is 0 Å². The average molecular weight is 325 g/mol. The van der Waals surface area contributed by atoms with Gasteiger partial charge in [-0.1, -0.05) is 23.2 Å². The Labute approximate surface area is 133 Å². The fourth-order valence-electron chi connectivity index (χ4n) is 2.36. The van der Waals surface area contributed by atoms with Crippen molar-refractivity contribution in [3.8, 4) is 11.6 Å². The zero-order chi connectivity index (χ0) is 14.8. The molecule has 1 unspecified atom stereocenters. The second-order valence-electron chi connectivity index (χ2n) is 4.73. The molecule has 0 saturated heterocycles. The molecule has 0 fully saturated rings. The summed E-state index contributed by atoms with van der Waals surface area (Å²) in [5, 5.41) is 4.57. The maximum atomic E-state index is 6.19. The van der Waals surface area contributed by atoms with E-state index in [-0.39, 0.29) is 6.04 Å². The van der Waals surface area contributed by atoms with Gasteiger partial charge in [0.2, 0.25) is 5.88 Å². The number of pyridine rings is 1. The molecule has 0 aliphatic carbocycles. The van der Waals surface area contributed by atoms with E-state index < -0.39 is 0 Å². The van der Waals surface area contributed by atoms with Gasteiger partial charge in [0.25, 0.3) is 0 Å². The predicted octanol–water partition coefficient (Wildman–Crippen LogP) is 4.33. The molecular weight excluding hydrogens is 311 g/mol. The summed E-state index contributed by atoms with van der Waals surface area (Å²) >= 11 is 12.3. The highest BCUT2D eigenvalue weighted by molar-refractivity contribution is 6.35. The highest BCUT2D eigenvalue weighted by atomic mass is 35.5. The monoisotopic (exact) mass is 324 g/mol. The lowest BCUT2D eigenvalue weighted by molar-refractivity contribution is 0.274. The zero-order valence-corrected chi connectivity index (χ0v) is 12.9. The first-order chi connectivity index (χ1) is 10.2. The topological polar surface area (TPSA) is 43.4 Å². The van der Waals surface area contributed by atoms with Crippen molar-refractivity contribution in [1.82, 2.24) is 4.98 Å². The standard InChI is InChI=1S/C15H14Cl2N2O2/c1-20-14-3-2-10(8-18-14)19-13-4-5-21-15-11(13)6-9(16)7-12(15)17/h2-3,6-8,13,19H,4-5H2,1H3. The molecule has 110 valence electrons. The van der Waals surface area contributed by atoms with E-state index in [1.807, 2.05) is 18.2 Å². The summed E-state index contributed by atoms with van der Waals surface area (Å²) in [5.41, 5.74) is 1.87. The fourth-order valence-corrected chi connectivity index (χ4v) is 2.93. The van der Waals surface area contributed by atoms with Gasteiger partial charge in [-0.2, -0.15) is 0 Å². The zero-order valence-electron chi connectivity index (χ0n) is 11.4. The van der Waals surface area contributed by atoms with Gasteiger partial charge in [-0.05, 0) is 18.2 Å². The minimum atomic E-state index is 0.0835. The van der Waals surface area contributed by atoms with Crippen LogP contribution in [-0.2, 0) is 0 Å². The van der Waals surface area contributed by atoms with E-state index in [9.17, 15) is 0 Å². The molecule has 4 nitrogen and oxygen atoms in total. The summed E-state index contributed by atoms with van der Waals surface area (Å²) in [4.78, 5) is 4.19. The van der Waals surface area contributed by atoms with Crippen LogP contribution < -0.4 is 14.8 Å². The number of nitrogens with zero attached hydrogens (tertiary/aromatic N) is 1. The van der Waals surface area contributed by atoms with E-state index in [0.717, 1.165) is 17.7 Å². The summed E-state index contributed by atoms with van der Waals surface area (Å²) < 4.78 is 10.7. The van der Waals surface area contributed by atoms with Crippen LogP contribution >= 0.6 is 23.2 Å². The van der Waals surface area contributed by atoms with Gasteiger partial charge in [0.15, 0.2) is 0 Å². The maximum Gasteiger partial charge on any atom is 0.213 e. The van der Waals surface area contributed by atoms with Crippen molar-refractivity contribution in [2.45, 2.75) is 12.5 Å². The van der Waals surface area contributed by atoms with Gasteiger partial charge in [-0.15, -0.1) is 0 Å². The Morgan fingerprint density at radius 2 is 2.19 bits per heavy atom. The summed E-state index contributed by atoms with van der Waals surface area (Å²) in [6.45, 7) is 0.607. The van der Waals surface area contributed by atoms with Gasteiger partial charge in [-0.25, -0.2) is 4.98 Å². The first kappa shape index (κ1) is 14.3. The largest absolute Gasteiger partial charge is 0.492 e. The van der Waals surface area contributed by atoms with Gasteiger partial charge >= 0.3 is 0 Å². The molecule has 0 bridgehead atoms. The molecule has 0 saturated carbocycles. The molecule has 1 aromatic carbocycles. The molecule has 6 heteroatoms. The van der Waals surface area contributed by atoms with E-state index in [1.54, 1.807) is 19.4 Å². The smallest absolute Gasteiger partial charge is 0.213 e. The molecule has 1 aromatic heterocycles. The van der Waals surface area contributed by atoms with Crippen LogP contribution in [0.5, 0.6) is 11.6 Å². The molecule has 0 amide bonds. The van der Waals surface area contributed by atoms with Crippen LogP contribution in [-0.4, -0.2) is 18.7 Å². The molecule has 0 radical (unpaired) electrons. The van der Waals surface area contributed by atoms with Gasteiger partial charge in [0.1, 0.15) is 5.75 Å². The Morgan fingerprint density at radius 1 is 1.33 bits per heavy atom. The lowest BCUT2D eigenvalue weighted by atomic mass is 10.0. The predicted molar refractivity (Wildman–Crippen MR) is 83.7 cm³/mol. The number of hydrogen-bond acceptors (Lipinski definition) is 4. The molecule has 3 rings (SSSR count). The van der Waals surface area contributed by atoms with Crippen molar-refractivity contribution in [3.05, 3.63) is 46.1 Å². The Hall–Kier alpha value is -1.65. The minimum absolute atomic E-state index is 0.0835. The Kier molecular flexibility index (Phi) is 4.08. The SMILES string of the molecule is COc1ccc(NC2CCOc3c(Cl)cc(Cl)cc32)cn1. The van der Waals surface area contributed by atoms with Crippen LogP contribution in [0.15, 0.2) is 30.5 Å². The Balaban J connectivity index is 1.87. The number of rotatable bonds is 3. The maximum absolute atomic E-state index is 6.19. The molecule has 1 aliphatic rings. The van der Waals surface area contributed by atoms with Crippen LogP contribution in [0.4, 0.5) is 5.69 Å². The molecule has 1 N–H and O–H groups in total. The average Bonchev–Trinajstić information content (AvgIpc) is 2.49. The number of halogens is 2. The van der Waals surface area contributed by atoms with Crippen molar-refractivity contribution < 1.29 is 9.47 Å². The van der Waals surface area contributed by atoms with Crippen molar-refractivity contribution in [1.29, 1.82) is 0 Å². The number of fused-ring (bicyclic) bond motifs is 1.